The highest BCUT2D eigenvalue weighted by Gasteiger charge is 2.15. The molecular weight excluding hydrogens is 202 g/mol. The zero-order chi connectivity index (χ0) is 12.0. The molecule has 0 amide bonds. The van der Waals surface area contributed by atoms with E-state index < -0.39 is 0 Å². The maximum atomic E-state index is 6.11. The van der Waals surface area contributed by atoms with Crippen LogP contribution in [0.2, 0.25) is 0 Å². The van der Waals surface area contributed by atoms with E-state index in [-0.39, 0.29) is 12.1 Å². The minimum atomic E-state index is -0.111. The fourth-order valence-electron chi connectivity index (χ4n) is 1.62. The Labute approximate surface area is 97.6 Å². The summed E-state index contributed by atoms with van der Waals surface area (Å²) < 4.78 is 10.9. The molecule has 0 saturated carbocycles. The quantitative estimate of drug-likeness (QED) is 0.806. The molecule has 0 fully saturated rings. The number of hydrogen-bond donors (Lipinski definition) is 1. The standard InChI is InChI=1S/C13H21NO2/c1-4-15-10(3)13(14)11-7-6-8-12(9-11)16-5-2/h6-10,13H,4-5,14H2,1-3H3. The molecule has 0 aliphatic carbocycles. The van der Waals surface area contributed by atoms with Crippen molar-refractivity contribution in [2.24, 2.45) is 5.73 Å². The third-order valence-electron chi connectivity index (χ3n) is 2.49. The second kappa shape index (κ2) is 6.51. The number of benzene rings is 1. The Morgan fingerprint density at radius 1 is 1.25 bits per heavy atom. The number of ether oxygens (including phenoxy) is 2. The van der Waals surface area contributed by atoms with Crippen LogP contribution in [0.4, 0.5) is 0 Å². The molecule has 0 saturated heterocycles. The summed E-state index contributed by atoms with van der Waals surface area (Å²) >= 11 is 0. The van der Waals surface area contributed by atoms with E-state index in [2.05, 4.69) is 0 Å². The molecule has 3 heteroatoms. The summed E-state index contributed by atoms with van der Waals surface area (Å²) in [7, 11) is 0. The van der Waals surface area contributed by atoms with Gasteiger partial charge < -0.3 is 15.2 Å². The lowest BCUT2D eigenvalue weighted by molar-refractivity contribution is 0.0574. The summed E-state index contributed by atoms with van der Waals surface area (Å²) in [6.07, 6.45) is 0.0156. The van der Waals surface area contributed by atoms with Gasteiger partial charge in [-0.25, -0.2) is 0 Å². The van der Waals surface area contributed by atoms with E-state index in [1.807, 2.05) is 45.0 Å². The van der Waals surface area contributed by atoms with Crippen LogP contribution in [0.15, 0.2) is 24.3 Å². The minimum absolute atomic E-state index is 0.0156. The van der Waals surface area contributed by atoms with Crippen molar-refractivity contribution < 1.29 is 9.47 Å². The minimum Gasteiger partial charge on any atom is -0.494 e. The number of rotatable bonds is 6. The first kappa shape index (κ1) is 13.0. The zero-order valence-electron chi connectivity index (χ0n) is 10.3. The Morgan fingerprint density at radius 2 is 2.00 bits per heavy atom. The van der Waals surface area contributed by atoms with E-state index in [0.29, 0.717) is 13.2 Å². The van der Waals surface area contributed by atoms with Gasteiger partial charge in [0, 0.05) is 6.61 Å². The lowest BCUT2D eigenvalue weighted by atomic mass is 10.0. The van der Waals surface area contributed by atoms with E-state index in [0.717, 1.165) is 11.3 Å². The summed E-state index contributed by atoms with van der Waals surface area (Å²) in [4.78, 5) is 0. The van der Waals surface area contributed by atoms with Gasteiger partial charge in [-0.05, 0) is 38.5 Å². The Bertz CT molecular complexity index is 315. The van der Waals surface area contributed by atoms with Gasteiger partial charge in [0.2, 0.25) is 0 Å². The second-order valence-electron chi connectivity index (χ2n) is 3.69. The fourth-order valence-corrected chi connectivity index (χ4v) is 1.62. The van der Waals surface area contributed by atoms with Crippen molar-refractivity contribution in [1.29, 1.82) is 0 Å². The van der Waals surface area contributed by atoms with Crippen molar-refractivity contribution in [3.05, 3.63) is 29.8 Å². The van der Waals surface area contributed by atoms with Crippen molar-refractivity contribution in [2.75, 3.05) is 13.2 Å². The van der Waals surface area contributed by atoms with Crippen LogP contribution in [-0.2, 0) is 4.74 Å². The van der Waals surface area contributed by atoms with Crippen LogP contribution in [-0.4, -0.2) is 19.3 Å². The molecule has 2 atom stereocenters. The Morgan fingerprint density at radius 3 is 2.62 bits per heavy atom. The monoisotopic (exact) mass is 223 g/mol. The third kappa shape index (κ3) is 3.51. The van der Waals surface area contributed by atoms with Gasteiger partial charge in [0.05, 0.1) is 18.8 Å². The smallest absolute Gasteiger partial charge is 0.119 e. The Kier molecular flexibility index (Phi) is 5.29. The molecule has 16 heavy (non-hydrogen) atoms. The summed E-state index contributed by atoms with van der Waals surface area (Å²) in [5.41, 5.74) is 7.16. The van der Waals surface area contributed by atoms with Gasteiger partial charge in [-0.1, -0.05) is 12.1 Å². The summed E-state index contributed by atoms with van der Waals surface area (Å²) in [5.74, 6) is 0.860. The lowest BCUT2D eigenvalue weighted by Gasteiger charge is -2.20. The van der Waals surface area contributed by atoms with E-state index in [4.69, 9.17) is 15.2 Å². The van der Waals surface area contributed by atoms with Gasteiger partial charge >= 0.3 is 0 Å². The average Bonchev–Trinajstić information content (AvgIpc) is 2.29. The van der Waals surface area contributed by atoms with Gasteiger partial charge in [0.1, 0.15) is 5.75 Å². The predicted octanol–water partition coefficient (Wildman–Crippen LogP) is 2.51. The average molecular weight is 223 g/mol. The van der Waals surface area contributed by atoms with Crippen LogP contribution >= 0.6 is 0 Å². The molecule has 0 heterocycles. The first-order valence-electron chi connectivity index (χ1n) is 5.79. The predicted molar refractivity (Wildman–Crippen MR) is 65.6 cm³/mol. The summed E-state index contributed by atoms with van der Waals surface area (Å²) in [6, 6.07) is 7.76. The molecule has 0 bridgehead atoms. The molecule has 0 radical (unpaired) electrons. The first-order valence-corrected chi connectivity index (χ1v) is 5.79. The third-order valence-corrected chi connectivity index (χ3v) is 2.49. The molecule has 0 aliphatic heterocycles. The molecule has 90 valence electrons. The van der Waals surface area contributed by atoms with Crippen LogP contribution in [0, 0.1) is 0 Å². The number of hydrogen-bond acceptors (Lipinski definition) is 3. The largest absolute Gasteiger partial charge is 0.494 e. The molecule has 1 aromatic carbocycles. The SMILES string of the molecule is CCOc1cccc(C(N)C(C)OCC)c1. The van der Waals surface area contributed by atoms with Crippen molar-refractivity contribution in [1.82, 2.24) is 0 Å². The van der Waals surface area contributed by atoms with Crippen LogP contribution < -0.4 is 10.5 Å². The maximum Gasteiger partial charge on any atom is 0.119 e. The maximum absolute atomic E-state index is 6.11. The highest BCUT2D eigenvalue weighted by atomic mass is 16.5. The van der Waals surface area contributed by atoms with Gasteiger partial charge in [-0.2, -0.15) is 0 Å². The van der Waals surface area contributed by atoms with Crippen LogP contribution in [0.1, 0.15) is 32.4 Å². The van der Waals surface area contributed by atoms with Gasteiger partial charge in [0.15, 0.2) is 0 Å². The van der Waals surface area contributed by atoms with Gasteiger partial charge in [-0.3, -0.25) is 0 Å². The Hall–Kier alpha value is -1.06. The topological polar surface area (TPSA) is 44.5 Å². The molecule has 0 aromatic heterocycles. The van der Waals surface area contributed by atoms with Crippen LogP contribution in [0.5, 0.6) is 5.75 Å². The van der Waals surface area contributed by atoms with E-state index in [1.165, 1.54) is 0 Å². The van der Waals surface area contributed by atoms with Crippen LogP contribution in [0.3, 0.4) is 0 Å². The Balaban J connectivity index is 2.74. The van der Waals surface area contributed by atoms with Crippen LogP contribution in [0.25, 0.3) is 0 Å². The highest BCUT2D eigenvalue weighted by molar-refractivity contribution is 5.30. The summed E-state index contributed by atoms with van der Waals surface area (Å²) in [5, 5.41) is 0. The second-order valence-corrected chi connectivity index (χ2v) is 3.69. The lowest BCUT2D eigenvalue weighted by Crippen LogP contribution is -2.26. The fraction of sp³-hybridized carbons (Fsp3) is 0.538. The molecule has 0 spiro atoms. The van der Waals surface area contributed by atoms with E-state index in [1.54, 1.807) is 0 Å². The molecular formula is C13H21NO2. The highest BCUT2D eigenvalue weighted by Crippen LogP contribution is 2.21. The van der Waals surface area contributed by atoms with Gasteiger partial charge in [-0.15, -0.1) is 0 Å². The van der Waals surface area contributed by atoms with Crippen molar-refractivity contribution in [3.63, 3.8) is 0 Å². The van der Waals surface area contributed by atoms with Crippen molar-refractivity contribution in [3.8, 4) is 5.75 Å². The molecule has 3 nitrogen and oxygen atoms in total. The molecule has 0 aliphatic rings. The van der Waals surface area contributed by atoms with Gasteiger partial charge in [0.25, 0.3) is 0 Å². The zero-order valence-corrected chi connectivity index (χ0v) is 10.3. The van der Waals surface area contributed by atoms with E-state index >= 15 is 0 Å². The number of nitrogens with two attached hydrogens (primary N) is 1. The summed E-state index contributed by atoms with van der Waals surface area (Å²) in [6.45, 7) is 7.27. The van der Waals surface area contributed by atoms with E-state index in [9.17, 15) is 0 Å². The molecule has 1 aromatic rings. The molecule has 2 N–H and O–H groups in total. The molecule has 1 rings (SSSR count). The normalized spacial score (nSPS) is 14.5. The molecule has 2 unspecified atom stereocenters. The van der Waals surface area contributed by atoms with Crippen molar-refractivity contribution >= 4 is 0 Å². The van der Waals surface area contributed by atoms with Crippen molar-refractivity contribution in [2.45, 2.75) is 32.9 Å². The first-order chi connectivity index (χ1) is 7.69.